The number of hydrogen-bond donors (Lipinski definition) is 1. The molecule has 3 aromatic rings. The predicted octanol–water partition coefficient (Wildman–Crippen LogP) is 2.98. The van der Waals surface area contributed by atoms with Crippen molar-refractivity contribution >= 4 is 22.6 Å². The molecule has 1 N–H and O–H groups in total. The Morgan fingerprint density at radius 1 is 1.22 bits per heavy atom. The summed E-state index contributed by atoms with van der Waals surface area (Å²) in [5.74, 6) is 1.13. The number of pyridine rings is 1. The highest BCUT2D eigenvalue weighted by Gasteiger charge is 2.28. The minimum absolute atomic E-state index is 0.00665. The van der Waals surface area contributed by atoms with Crippen LogP contribution in [0.3, 0.4) is 0 Å². The van der Waals surface area contributed by atoms with E-state index in [0.29, 0.717) is 29.5 Å². The molecule has 1 amide bonds. The van der Waals surface area contributed by atoms with Crippen LogP contribution < -0.4 is 10.9 Å². The summed E-state index contributed by atoms with van der Waals surface area (Å²) in [4.78, 5) is 29.8. The summed E-state index contributed by atoms with van der Waals surface area (Å²) >= 11 is 0. The van der Waals surface area contributed by atoms with E-state index in [1.807, 2.05) is 28.8 Å². The summed E-state index contributed by atoms with van der Waals surface area (Å²) in [7, 11) is 0. The van der Waals surface area contributed by atoms with Gasteiger partial charge < -0.3 is 9.72 Å². The van der Waals surface area contributed by atoms with Crippen molar-refractivity contribution in [3.05, 3.63) is 47.0 Å². The molecule has 1 saturated carbocycles. The zero-order chi connectivity index (χ0) is 19.0. The van der Waals surface area contributed by atoms with E-state index >= 15 is 0 Å². The van der Waals surface area contributed by atoms with Crippen LogP contribution in [0.15, 0.2) is 41.5 Å². The number of rotatable bonds is 4. The molecule has 1 aliphatic carbocycles. The average Bonchev–Trinajstić information content (AvgIpc) is 3.16. The van der Waals surface area contributed by atoms with Gasteiger partial charge in [-0.1, -0.05) is 26.7 Å². The van der Waals surface area contributed by atoms with E-state index in [-0.39, 0.29) is 23.9 Å². The minimum atomic E-state index is -0.112. The molecule has 3 aromatic heterocycles. The predicted molar refractivity (Wildman–Crippen MR) is 106 cm³/mol. The maximum Gasteiger partial charge on any atom is 0.276 e. The number of aromatic nitrogens is 3. The summed E-state index contributed by atoms with van der Waals surface area (Å²) in [6.07, 6.45) is 7.26. The topological polar surface area (TPSA) is 68.4 Å². The molecule has 4 rings (SSSR count). The van der Waals surface area contributed by atoms with Crippen molar-refractivity contribution in [3.8, 4) is 0 Å². The van der Waals surface area contributed by atoms with Gasteiger partial charge in [0.2, 0.25) is 5.91 Å². The van der Waals surface area contributed by atoms with Crippen LogP contribution in [-0.4, -0.2) is 25.9 Å². The van der Waals surface area contributed by atoms with Gasteiger partial charge in [-0.3, -0.25) is 14.2 Å². The molecule has 0 aromatic carbocycles. The molecule has 27 heavy (non-hydrogen) atoms. The molecular formula is C21H26N4O2. The first-order valence-corrected chi connectivity index (χ1v) is 9.80. The third-order valence-corrected chi connectivity index (χ3v) is 6.11. The fourth-order valence-electron chi connectivity index (χ4n) is 4.27. The number of hydrogen-bond acceptors (Lipinski definition) is 3. The molecule has 0 bridgehead atoms. The first-order chi connectivity index (χ1) is 13.1. The van der Waals surface area contributed by atoms with E-state index in [4.69, 9.17) is 0 Å². The van der Waals surface area contributed by atoms with Crippen LogP contribution in [0.2, 0.25) is 0 Å². The first-order valence-electron chi connectivity index (χ1n) is 9.80. The average molecular weight is 366 g/mol. The molecule has 1 aliphatic rings. The molecule has 3 heterocycles. The lowest BCUT2D eigenvalue weighted by Crippen LogP contribution is -2.44. The fraction of sp³-hybridized carbons (Fsp3) is 0.476. The van der Waals surface area contributed by atoms with E-state index in [2.05, 4.69) is 24.1 Å². The first kappa shape index (κ1) is 17.8. The Kier molecular flexibility index (Phi) is 4.72. The Labute approximate surface area is 158 Å². The second-order valence-electron chi connectivity index (χ2n) is 7.76. The lowest BCUT2D eigenvalue weighted by molar-refractivity contribution is -0.122. The highest BCUT2D eigenvalue weighted by Crippen LogP contribution is 2.29. The zero-order valence-corrected chi connectivity index (χ0v) is 15.9. The van der Waals surface area contributed by atoms with Crippen molar-refractivity contribution in [2.24, 2.45) is 11.8 Å². The molecule has 0 aliphatic heterocycles. The molecule has 0 unspecified atom stereocenters. The molecule has 1 fully saturated rings. The van der Waals surface area contributed by atoms with Gasteiger partial charge in [0.1, 0.15) is 5.52 Å². The van der Waals surface area contributed by atoms with Gasteiger partial charge in [0.05, 0.1) is 5.52 Å². The Morgan fingerprint density at radius 3 is 2.89 bits per heavy atom. The van der Waals surface area contributed by atoms with Gasteiger partial charge in [-0.15, -0.1) is 0 Å². The van der Waals surface area contributed by atoms with E-state index in [0.717, 1.165) is 18.4 Å². The summed E-state index contributed by atoms with van der Waals surface area (Å²) in [6, 6.07) is 7.69. The maximum atomic E-state index is 12.9. The number of carbonyl (C=O) groups excluding carboxylic acids is 1. The molecule has 142 valence electrons. The highest BCUT2D eigenvalue weighted by atomic mass is 16.2. The standard InChI is InChI=1S/C21H26N4O2/c1-14-6-3-7-16(15(14)2)23-19(26)10-13-25-20-17(8-4-11-22-20)24-12-5-9-18(24)21(25)27/h4-5,8-9,11-12,14-16H,3,6-7,10,13H2,1-2H3,(H,23,26)/t14-,15-,16-/m1/s1. The van der Waals surface area contributed by atoms with Gasteiger partial charge >= 0.3 is 0 Å². The van der Waals surface area contributed by atoms with Crippen LogP contribution in [0.25, 0.3) is 16.7 Å². The number of fused-ring (bicyclic) bond motifs is 3. The largest absolute Gasteiger partial charge is 0.353 e. The van der Waals surface area contributed by atoms with E-state index in [9.17, 15) is 9.59 Å². The van der Waals surface area contributed by atoms with Gasteiger partial charge in [-0.2, -0.15) is 0 Å². The van der Waals surface area contributed by atoms with Gasteiger partial charge in [-0.25, -0.2) is 4.98 Å². The molecule has 0 spiro atoms. The van der Waals surface area contributed by atoms with Gasteiger partial charge in [0.15, 0.2) is 5.65 Å². The van der Waals surface area contributed by atoms with Crippen molar-refractivity contribution in [2.45, 2.75) is 52.1 Å². The van der Waals surface area contributed by atoms with E-state index in [1.54, 1.807) is 16.8 Å². The second kappa shape index (κ2) is 7.18. The Morgan fingerprint density at radius 2 is 2.04 bits per heavy atom. The SMILES string of the molecule is C[C@@H]1[C@H](C)CCC[C@H]1NC(=O)CCn1c(=O)c2cccn2c2cccnc21. The minimum Gasteiger partial charge on any atom is -0.353 e. The number of carbonyl (C=O) groups is 1. The lowest BCUT2D eigenvalue weighted by atomic mass is 9.78. The van der Waals surface area contributed by atoms with Crippen LogP contribution in [0.5, 0.6) is 0 Å². The quantitative estimate of drug-likeness (QED) is 0.772. The molecule has 0 saturated heterocycles. The number of nitrogens with zero attached hydrogens (tertiary/aromatic N) is 3. The van der Waals surface area contributed by atoms with E-state index < -0.39 is 0 Å². The summed E-state index contributed by atoms with van der Waals surface area (Å²) < 4.78 is 3.48. The van der Waals surface area contributed by atoms with Crippen molar-refractivity contribution < 1.29 is 4.79 Å². The molecule has 0 radical (unpaired) electrons. The highest BCUT2D eigenvalue weighted by molar-refractivity contribution is 5.77. The van der Waals surface area contributed by atoms with Crippen LogP contribution >= 0.6 is 0 Å². The van der Waals surface area contributed by atoms with Crippen molar-refractivity contribution in [1.82, 2.24) is 19.3 Å². The molecule has 6 nitrogen and oxygen atoms in total. The third-order valence-electron chi connectivity index (χ3n) is 6.11. The maximum absolute atomic E-state index is 12.9. The second-order valence-corrected chi connectivity index (χ2v) is 7.76. The molecule has 6 heteroatoms. The lowest BCUT2D eigenvalue weighted by Gasteiger charge is -2.34. The van der Waals surface area contributed by atoms with Crippen molar-refractivity contribution in [1.29, 1.82) is 0 Å². The Balaban J connectivity index is 1.55. The number of nitrogens with one attached hydrogen (secondary N) is 1. The van der Waals surface area contributed by atoms with Gasteiger partial charge in [-0.05, 0) is 42.5 Å². The third kappa shape index (κ3) is 3.24. The Hall–Kier alpha value is -2.63. The molecular weight excluding hydrogens is 340 g/mol. The zero-order valence-electron chi connectivity index (χ0n) is 15.9. The number of amides is 1. The van der Waals surface area contributed by atoms with Crippen LogP contribution in [0, 0.1) is 11.8 Å². The smallest absolute Gasteiger partial charge is 0.276 e. The summed E-state index contributed by atoms with van der Waals surface area (Å²) in [6.45, 7) is 4.81. The summed E-state index contributed by atoms with van der Waals surface area (Å²) in [5, 5.41) is 3.19. The monoisotopic (exact) mass is 366 g/mol. The van der Waals surface area contributed by atoms with Crippen molar-refractivity contribution in [3.63, 3.8) is 0 Å². The Bertz CT molecular complexity index is 1040. The molecule has 3 atom stereocenters. The number of aryl methyl sites for hydroxylation is 1. The van der Waals surface area contributed by atoms with Crippen LogP contribution in [0.1, 0.15) is 39.5 Å². The van der Waals surface area contributed by atoms with Crippen molar-refractivity contribution in [2.75, 3.05) is 0 Å². The fourth-order valence-corrected chi connectivity index (χ4v) is 4.27. The normalized spacial score (nSPS) is 23.0. The van der Waals surface area contributed by atoms with E-state index in [1.165, 1.54) is 6.42 Å². The van der Waals surface area contributed by atoms with Crippen LogP contribution in [-0.2, 0) is 11.3 Å². The van der Waals surface area contributed by atoms with Gasteiger partial charge in [0, 0.05) is 31.4 Å². The van der Waals surface area contributed by atoms with Gasteiger partial charge in [0.25, 0.3) is 5.56 Å². The van der Waals surface area contributed by atoms with Crippen LogP contribution in [0.4, 0.5) is 0 Å². The summed E-state index contributed by atoms with van der Waals surface area (Å²) in [5.41, 5.74) is 1.97.